The number of rotatable bonds is 8. The molecule has 0 amide bonds. The molecule has 0 bridgehead atoms. The molecule has 0 aliphatic carbocycles. The van der Waals surface area contributed by atoms with Crippen molar-refractivity contribution in [1.29, 1.82) is 0 Å². The second-order valence-corrected chi connectivity index (χ2v) is 9.45. The Morgan fingerprint density at radius 3 is 2.47 bits per heavy atom. The van der Waals surface area contributed by atoms with E-state index in [0.717, 1.165) is 43.3 Å². The molecule has 5 rings (SSSR count). The zero-order valence-corrected chi connectivity index (χ0v) is 22.8. The van der Waals surface area contributed by atoms with Crippen LogP contribution in [0.1, 0.15) is 50.9 Å². The van der Waals surface area contributed by atoms with Gasteiger partial charge in [-0.1, -0.05) is 39.8 Å². The number of nitrogens with one attached hydrogen (secondary N) is 4. The maximum absolute atomic E-state index is 13.2. The number of anilines is 4. The van der Waals surface area contributed by atoms with Crippen molar-refractivity contribution in [2.24, 2.45) is 0 Å². The van der Waals surface area contributed by atoms with Gasteiger partial charge in [-0.3, -0.25) is 5.10 Å². The Balaban J connectivity index is 0.00000164. The zero-order valence-electron chi connectivity index (χ0n) is 22.8. The van der Waals surface area contributed by atoms with E-state index in [4.69, 9.17) is 9.82 Å². The van der Waals surface area contributed by atoms with E-state index in [0.29, 0.717) is 35.8 Å². The van der Waals surface area contributed by atoms with E-state index in [1.54, 1.807) is 12.1 Å². The predicted octanol–water partition coefficient (Wildman–Crippen LogP) is 4.56. The van der Waals surface area contributed by atoms with Crippen LogP contribution in [0.2, 0.25) is 0 Å². The lowest BCUT2D eigenvalue weighted by atomic mass is 10.1. The Morgan fingerprint density at radius 1 is 1.05 bits per heavy atom. The highest BCUT2D eigenvalue weighted by Gasteiger charge is 2.20. The van der Waals surface area contributed by atoms with Crippen LogP contribution < -0.4 is 21.0 Å². The largest absolute Gasteiger partial charge is 0.411 e. The molecule has 10 nitrogen and oxygen atoms in total. The van der Waals surface area contributed by atoms with Gasteiger partial charge in [-0.25, -0.2) is 4.39 Å². The van der Waals surface area contributed by atoms with Crippen LogP contribution >= 0.6 is 0 Å². The number of nitrogens with zero attached hydrogens (tertiary/aromatic N) is 5. The summed E-state index contributed by atoms with van der Waals surface area (Å²) in [6.45, 7) is 12.4. The average molecular weight is 524 g/mol. The first-order valence-corrected chi connectivity index (χ1v) is 13.2. The van der Waals surface area contributed by atoms with Crippen molar-refractivity contribution in [1.82, 2.24) is 30.5 Å². The van der Waals surface area contributed by atoms with E-state index >= 15 is 0 Å². The van der Waals surface area contributed by atoms with Crippen LogP contribution in [-0.4, -0.2) is 64.8 Å². The van der Waals surface area contributed by atoms with Crippen molar-refractivity contribution in [3.05, 3.63) is 65.3 Å². The molecule has 1 fully saturated rings. The summed E-state index contributed by atoms with van der Waals surface area (Å²) in [5.74, 6) is 3.51. The molecule has 11 heteroatoms. The van der Waals surface area contributed by atoms with E-state index in [1.807, 2.05) is 32.1 Å². The summed E-state index contributed by atoms with van der Waals surface area (Å²) in [4.78, 5) is 19.7. The standard InChI is InChI=1S/C25H32FN9O.C2H6/c1-16(2)20-13-23(32-31-20)28-22-14-24(35-10-8-34(3)9-11-35)30-25(29-22)27-15-19-12-21(33-36-19)17-4-6-18(26)7-5-17;1-2/h4-7,12-14,16,21,33H,8-11,15H2,1-3H3,(H3,27,28,29,30,31,32);1-2H3. The fourth-order valence-corrected chi connectivity index (χ4v) is 4.09. The number of halogens is 1. The predicted molar refractivity (Wildman–Crippen MR) is 149 cm³/mol. The number of piperazine rings is 1. The molecule has 2 aromatic heterocycles. The number of aromatic nitrogens is 4. The first kappa shape index (κ1) is 27.3. The molecule has 38 heavy (non-hydrogen) atoms. The van der Waals surface area contributed by atoms with Gasteiger partial charge in [-0.2, -0.15) is 15.1 Å². The third-order valence-corrected chi connectivity index (χ3v) is 6.34. The molecule has 4 heterocycles. The molecular weight excluding hydrogens is 485 g/mol. The molecule has 1 unspecified atom stereocenters. The Bertz CT molecular complexity index is 1200. The molecule has 0 saturated carbocycles. The van der Waals surface area contributed by atoms with Crippen LogP contribution in [-0.2, 0) is 4.84 Å². The van der Waals surface area contributed by atoms with Crippen molar-refractivity contribution in [3.63, 3.8) is 0 Å². The molecule has 0 spiro atoms. The molecule has 3 aromatic rings. The fourth-order valence-electron chi connectivity index (χ4n) is 4.09. The van der Waals surface area contributed by atoms with Gasteiger partial charge in [0.25, 0.3) is 0 Å². The van der Waals surface area contributed by atoms with Crippen molar-refractivity contribution < 1.29 is 9.23 Å². The normalized spacial score (nSPS) is 17.5. The van der Waals surface area contributed by atoms with Gasteiger partial charge in [0.15, 0.2) is 5.82 Å². The van der Waals surface area contributed by atoms with Crippen LogP contribution in [0.25, 0.3) is 0 Å². The molecule has 204 valence electrons. The van der Waals surface area contributed by atoms with Gasteiger partial charge in [-0.15, -0.1) is 5.48 Å². The summed E-state index contributed by atoms with van der Waals surface area (Å²) >= 11 is 0. The highest BCUT2D eigenvalue weighted by molar-refractivity contribution is 5.60. The highest BCUT2D eigenvalue weighted by Crippen LogP contribution is 2.25. The number of likely N-dealkylation sites (N-methyl/N-ethyl adjacent to an activating group) is 1. The lowest BCUT2D eigenvalue weighted by Crippen LogP contribution is -2.44. The maximum Gasteiger partial charge on any atom is 0.227 e. The molecule has 1 atom stereocenters. The summed E-state index contributed by atoms with van der Waals surface area (Å²) < 4.78 is 13.2. The summed E-state index contributed by atoms with van der Waals surface area (Å²) in [5.41, 5.74) is 4.94. The Kier molecular flexibility index (Phi) is 9.14. The SMILES string of the molecule is CC.CC(C)c1cc(Nc2cc(N3CCN(C)CC3)nc(NCC3=CC(c4ccc(F)cc4)NO3)n2)n[nH]1. The molecule has 4 N–H and O–H groups in total. The topological polar surface area (TPSA) is 106 Å². The third-order valence-electron chi connectivity index (χ3n) is 6.34. The summed E-state index contributed by atoms with van der Waals surface area (Å²) in [5, 5.41) is 14.0. The summed E-state index contributed by atoms with van der Waals surface area (Å²) in [7, 11) is 2.13. The van der Waals surface area contributed by atoms with E-state index < -0.39 is 0 Å². The van der Waals surface area contributed by atoms with Gasteiger partial charge in [0.2, 0.25) is 5.95 Å². The summed E-state index contributed by atoms with van der Waals surface area (Å²) in [6, 6.07) is 10.2. The van der Waals surface area contributed by atoms with Crippen LogP contribution in [0.15, 0.2) is 48.2 Å². The third kappa shape index (κ3) is 6.99. The van der Waals surface area contributed by atoms with E-state index in [-0.39, 0.29) is 11.9 Å². The van der Waals surface area contributed by atoms with Crippen LogP contribution in [0.5, 0.6) is 0 Å². The van der Waals surface area contributed by atoms with Gasteiger partial charge >= 0.3 is 0 Å². The molecular formula is C27H38FN9O. The van der Waals surface area contributed by atoms with Crippen molar-refractivity contribution >= 4 is 23.4 Å². The van der Waals surface area contributed by atoms with Crippen LogP contribution in [0, 0.1) is 5.82 Å². The minimum Gasteiger partial charge on any atom is -0.411 e. The smallest absolute Gasteiger partial charge is 0.227 e. The Morgan fingerprint density at radius 2 is 1.79 bits per heavy atom. The molecule has 2 aliphatic heterocycles. The van der Waals surface area contributed by atoms with E-state index in [1.165, 1.54) is 12.1 Å². The lowest BCUT2D eigenvalue weighted by Gasteiger charge is -2.33. The molecule has 2 aliphatic rings. The number of benzene rings is 1. The molecule has 1 aromatic carbocycles. The molecule has 0 radical (unpaired) electrons. The summed E-state index contributed by atoms with van der Waals surface area (Å²) in [6.07, 6.45) is 1.96. The highest BCUT2D eigenvalue weighted by atomic mass is 19.1. The second-order valence-electron chi connectivity index (χ2n) is 9.45. The van der Waals surface area contributed by atoms with Crippen molar-refractivity contribution in [3.8, 4) is 0 Å². The van der Waals surface area contributed by atoms with Crippen LogP contribution in [0.4, 0.5) is 27.8 Å². The van der Waals surface area contributed by atoms with Crippen LogP contribution in [0.3, 0.4) is 0 Å². The van der Waals surface area contributed by atoms with Crippen molar-refractivity contribution in [2.45, 2.75) is 39.7 Å². The average Bonchev–Trinajstić information content (AvgIpc) is 3.60. The Hall–Kier alpha value is -3.70. The monoisotopic (exact) mass is 523 g/mol. The lowest BCUT2D eigenvalue weighted by molar-refractivity contribution is 0.116. The number of aromatic amines is 1. The first-order valence-electron chi connectivity index (χ1n) is 13.2. The number of hydrogen-bond donors (Lipinski definition) is 4. The van der Waals surface area contributed by atoms with Gasteiger partial charge in [0.1, 0.15) is 23.2 Å². The minimum atomic E-state index is -0.263. The number of hydroxylamine groups is 1. The van der Waals surface area contributed by atoms with Gasteiger partial charge in [0.05, 0.1) is 12.6 Å². The van der Waals surface area contributed by atoms with Gasteiger partial charge in [-0.05, 0) is 36.7 Å². The van der Waals surface area contributed by atoms with E-state index in [9.17, 15) is 4.39 Å². The van der Waals surface area contributed by atoms with E-state index in [2.05, 4.69) is 62.0 Å². The van der Waals surface area contributed by atoms with Gasteiger partial charge < -0.3 is 25.3 Å². The van der Waals surface area contributed by atoms with Crippen molar-refractivity contribution in [2.75, 3.05) is 55.3 Å². The van der Waals surface area contributed by atoms with Gasteiger partial charge in [0, 0.05) is 44.0 Å². The minimum absolute atomic E-state index is 0.146. The zero-order chi connectivity index (χ0) is 27.1. The second kappa shape index (κ2) is 12.7. The Labute approximate surface area is 223 Å². The fraction of sp³-hybridized carbons (Fsp3) is 0.444. The quantitative estimate of drug-likeness (QED) is 0.338. The maximum atomic E-state index is 13.2. The number of hydrogen-bond acceptors (Lipinski definition) is 9. The first-order chi connectivity index (χ1) is 18.4. The molecule has 1 saturated heterocycles. The number of H-pyrrole nitrogens is 1.